The molecule has 2 aromatic carbocycles. The van der Waals surface area contributed by atoms with Gasteiger partial charge in [-0.05, 0) is 47.9 Å². The molecule has 4 nitrogen and oxygen atoms in total. The molecule has 0 spiro atoms. The fourth-order valence-corrected chi connectivity index (χ4v) is 2.63. The number of aromatic nitrogens is 1. The fraction of sp³-hybridized carbons (Fsp3) is 0.143. The molecule has 1 heterocycles. The summed E-state index contributed by atoms with van der Waals surface area (Å²) >= 11 is 0. The molecule has 0 atom stereocenters. The molecule has 1 amide bonds. The van der Waals surface area contributed by atoms with Crippen molar-refractivity contribution >= 4 is 23.0 Å². The molecule has 5 heteroatoms. The van der Waals surface area contributed by atoms with E-state index in [0.717, 1.165) is 11.4 Å². The average Bonchev–Trinajstić information content (AvgIpc) is 2.62. The molecular weight excluding hydrogens is 329 g/mol. The largest absolute Gasteiger partial charge is 0.354 e. The zero-order chi connectivity index (χ0) is 18.5. The van der Waals surface area contributed by atoms with E-state index in [1.807, 2.05) is 18.2 Å². The Balaban J connectivity index is 1.71. The lowest BCUT2D eigenvalue weighted by atomic mass is 10.0. The third-order valence-electron chi connectivity index (χ3n) is 3.94. The third-order valence-corrected chi connectivity index (χ3v) is 3.94. The average molecular weight is 349 g/mol. The molecule has 132 valence electrons. The summed E-state index contributed by atoms with van der Waals surface area (Å²) in [4.78, 5) is 16.4. The first kappa shape index (κ1) is 17.6. The first-order chi connectivity index (χ1) is 12.5. The van der Waals surface area contributed by atoms with Crippen LogP contribution < -0.4 is 10.6 Å². The molecule has 0 aliphatic rings. The maximum Gasteiger partial charge on any atom is 0.274 e. The van der Waals surface area contributed by atoms with Gasteiger partial charge in [0.2, 0.25) is 0 Å². The van der Waals surface area contributed by atoms with Gasteiger partial charge in [0, 0.05) is 11.4 Å². The second-order valence-corrected chi connectivity index (χ2v) is 6.26. The number of nitrogens with zero attached hydrogens (tertiary/aromatic N) is 1. The van der Waals surface area contributed by atoms with Crippen LogP contribution in [0.25, 0.3) is 0 Å². The SMILES string of the molecule is CC(C)c1ccccc1Nc1ccc(C(=O)Nc2cccc(F)c2)nc1. The lowest BCUT2D eigenvalue weighted by Gasteiger charge is -2.14. The molecular formula is C21H20FN3O. The summed E-state index contributed by atoms with van der Waals surface area (Å²) in [7, 11) is 0. The zero-order valence-corrected chi connectivity index (χ0v) is 14.7. The minimum absolute atomic E-state index is 0.261. The van der Waals surface area contributed by atoms with E-state index in [1.165, 1.54) is 23.8 Å². The highest BCUT2D eigenvalue weighted by atomic mass is 19.1. The molecule has 0 radical (unpaired) electrons. The monoisotopic (exact) mass is 349 g/mol. The summed E-state index contributed by atoms with van der Waals surface area (Å²) in [5, 5.41) is 5.96. The van der Waals surface area contributed by atoms with E-state index in [9.17, 15) is 9.18 Å². The van der Waals surface area contributed by atoms with Gasteiger partial charge in [0.1, 0.15) is 11.5 Å². The maximum absolute atomic E-state index is 13.2. The van der Waals surface area contributed by atoms with Crippen LogP contribution in [0.3, 0.4) is 0 Å². The Bertz CT molecular complexity index is 907. The van der Waals surface area contributed by atoms with Crippen molar-refractivity contribution in [3.05, 3.63) is 83.9 Å². The number of rotatable bonds is 5. The normalized spacial score (nSPS) is 10.6. The molecule has 0 saturated heterocycles. The molecule has 3 rings (SSSR count). The van der Waals surface area contributed by atoms with Crippen molar-refractivity contribution in [2.75, 3.05) is 10.6 Å². The van der Waals surface area contributed by atoms with Gasteiger partial charge in [-0.1, -0.05) is 38.1 Å². The van der Waals surface area contributed by atoms with Crippen molar-refractivity contribution in [2.24, 2.45) is 0 Å². The van der Waals surface area contributed by atoms with E-state index in [-0.39, 0.29) is 11.6 Å². The second kappa shape index (κ2) is 7.78. The van der Waals surface area contributed by atoms with E-state index in [2.05, 4.69) is 35.5 Å². The van der Waals surface area contributed by atoms with Crippen LogP contribution in [0.5, 0.6) is 0 Å². The summed E-state index contributed by atoms with van der Waals surface area (Å²) in [6, 6.07) is 17.3. The highest BCUT2D eigenvalue weighted by Gasteiger charge is 2.10. The van der Waals surface area contributed by atoms with Crippen molar-refractivity contribution in [1.82, 2.24) is 4.98 Å². The van der Waals surface area contributed by atoms with Crippen molar-refractivity contribution in [3.8, 4) is 0 Å². The van der Waals surface area contributed by atoms with Gasteiger partial charge < -0.3 is 10.6 Å². The number of halogens is 1. The van der Waals surface area contributed by atoms with Gasteiger partial charge >= 0.3 is 0 Å². The zero-order valence-electron chi connectivity index (χ0n) is 14.7. The molecule has 0 aliphatic heterocycles. The van der Waals surface area contributed by atoms with Crippen LogP contribution in [-0.4, -0.2) is 10.9 Å². The second-order valence-electron chi connectivity index (χ2n) is 6.26. The number of hydrogen-bond donors (Lipinski definition) is 2. The van der Waals surface area contributed by atoms with Crippen molar-refractivity contribution in [1.29, 1.82) is 0 Å². The number of amides is 1. The molecule has 0 fully saturated rings. The summed E-state index contributed by atoms with van der Waals surface area (Å²) < 4.78 is 13.2. The van der Waals surface area contributed by atoms with Gasteiger partial charge in [-0.25, -0.2) is 9.37 Å². The van der Waals surface area contributed by atoms with Crippen LogP contribution in [0, 0.1) is 5.82 Å². The summed E-state index contributed by atoms with van der Waals surface area (Å²) in [5.74, 6) is -0.396. The van der Waals surface area contributed by atoms with Crippen LogP contribution >= 0.6 is 0 Å². The topological polar surface area (TPSA) is 54.0 Å². The number of pyridine rings is 1. The summed E-state index contributed by atoms with van der Waals surface area (Å²) in [6.07, 6.45) is 1.61. The predicted octanol–water partition coefficient (Wildman–Crippen LogP) is 5.34. The standard InChI is InChI=1S/C21H20FN3O/c1-14(2)18-8-3-4-9-19(18)24-17-10-11-20(23-13-17)21(26)25-16-7-5-6-15(22)12-16/h3-14,24H,1-2H3,(H,25,26). The number of nitrogens with one attached hydrogen (secondary N) is 2. The van der Waals surface area contributed by atoms with Gasteiger partial charge in [-0.3, -0.25) is 4.79 Å². The molecule has 3 aromatic rings. The van der Waals surface area contributed by atoms with E-state index < -0.39 is 5.82 Å². The van der Waals surface area contributed by atoms with E-state index in [0.29, 0.717) is 11.6 Å². The summed E-state index contributed by atoms with van der Waals surface area (Å²) in [6.45, 7) is 4.28. The van der Waals surface area contributed by atoms with E-state index in [1.54, 1.807) is 24.4 Å². The van der Waals surface area contributed by atoms with Crippen LogP contribution in [0.2, 0.25) is 0 Å². The van der Waals surface area contributed by atoms with Gasteiger partial charge in [0.15, 0.2) is 0 Å². The molecule has 1 aromatic heterocycles. The molecule has 0 unspecified atom stereocenters. The lowest BCUT2D eigenvalue weighted by Crippen LogP contribution is -2.13. The smallest absolute Gasteiger partial charge is 0.274 e. The Morgan fingerprint density at radius 2 is 1.81 bits per heavy atom. The van der Waals surface area contributed by atoms with Crippen LogP contribution in [-0.2, 0) is 0 Å². The molecule has 2 N–H and O–H groups in total. The number of benzene rings is 2. The van der Waals surface area contributed by atoms with Gasteiger partial charge in [0.05, 0.1) is 11.9 Å². The maximum atomic E-state index is 13.2. The van der Waals surface area contributed by atoms with Crippen molar-refractivity contribution in [2.45, 2.75) is 19.8 Å². The fourth-order valence-electron chi connectivity index (χ4n) is 2.63. The summed E-state index contributed by atoms with van der Waals surface area (Å²) in [5.41, 5.74) is 3.67. The highest BCUT2D eigenvalue weighted by molar-refractivity contribution is 6.02. The number of carbonyl (C=O) groups is 1. The Morgan fingerprint density at radius 1 is 1.00 bits per heavy atom. The van der Waals surface area contributed by atoms with Gasteiger partial charge in [0.25, 0.3) is 5.91 Å². The van der Waals surface area contributed by atoms with E-state index >= 15 is 0 Å². The number of carbonyl (C=O) groups excluding carboxylic acids is 1. The number of hydrogen-bond acceptors (Lipinski definition) is 3. The van der Waals surface area contributed by atoms with Gasteiger partial charge in [-0.2, -0.15) is 0 Å². The Labute approximate surface area is 152 Å². The minimum atomic E-state index is -0.404. The molecule has 0 bridgehead atoms. The first-order valence-corrected chi connectivity index (χ1v) is 8.42. The quantitative estimate of drug-likeness (QED) is 0.654. The molecule has 0 saturated carbocycles. The third kappa shape index (κ3) is 4.25. The lowest BCUT2D eigenvalue weighted by molar-refractivity contribution is 0.102. The van der Waals surface area contributed by atoms with Crippen molar-refractivity contribution < 1.29 is 9.18 Å². The van der Waals surface area contributed by atoms with Crippen LogP contribution in [0.1, 0.15) is 35.8 Å². The van der Waals surface area contributed by atoms with E-state index in [4.69, 9.17) is 0 Å². The predicted molar refractivity (Wildman–Crippen MR) is 102 cm³/mol. The molecule has 0 aliphatic carbocycles. The molecule has 26 heavy (non-hydrogen) atoms. The highest BCUT2D eigenvalue weighted by Crippen LogP contribution is 2.26. The van der Waals surface area contributed by atoms with Crippen molar-refractivity contribution in [3.63, 3.8) is 0 Å². The Hall–Kier alpha value is -3.21. The number of anilines is 3. The Morgan fingerprint density at radius 3 is 2.50 bits per heavy atom. The number of para-hydroxylation sites is 1. The minimum Gasteiger partial charge on any atom is -0.354 e. The van der Waals surface area contributed by atoms with Gasteiger partial charge in [-0.15, -0.1) is 0 Å². The van der Waals surface area contributed by atoms with Crippen LogP contribution in [0.15, 0.2) is 66.9 Å². The first-order valence-electron chi connectivity index (χ1n) is 8.42. The van der Waals surface area contributed by atoms with Crippen LogP contribution in [0.4, 0.5) is 21.5 Å². The Kier molecular flexibility index (Phi) is 5.27.